The molecule has 6 nitrogen and oxygen atoms in total. The van der Waals surface area contributed by atoms with Crippen LogP contribution in [-0.4, -0.2) is 25.3 Å². The van der Waals surface area contributed by atoms with Gasteiger partial charge in [0, 0.05) is 11.6 Å². The number of fused-ring (bicyclic) bond motifs is 2. The number of nitrogens with one attached hydrogen (secondary N) is 2. The van der Waals surface area contributed by atoms with Gasteiger partial charge in [0.25, 0.3) is 5.56 Å². The Hall–Kier alpha value is -2.99. The summed E-state index contributed by atoms with van der Waals surface area (Å²) in [5, 5.41) is 20.9. The van der Waals surface area contributed by atoms with Gasteiger partial charge < -0.3 is 10.1 Å². The maximum absolute atomic E-state index is 11.9. The first-order chi connectivity index (χ1) is 12.0. The third-order valence-electron chi connectivity index (χ3n) is 4.79. The molecular weight excluding hydrogens is 316 g/mol. The van der Waals surface area contributed by atoms with Crippen molar-refractivity contribution in [2.24, 2.45) is 5.92 Å². The molecule has 0 amide bonds. The Morgan fingerprint density at radius 3 is 2.68 bits per heavy atom. The summed E-state index contributed by atoms with van der Waals surface area (Å²) in [6, 6.07) is 9.52. The van der Waals surface area contributed by atoms with E-state index in [-0.39, 0.29) is 11.5 Å². The molecule has 1 atom stereocenters. The molecule has 25 heavy (non-hydrogen) atoms. The van der Waals surface area contributed by atoms with Crippen LogP contribution in [0, 0.1) is 5.92 Å². The molecule has 0 spiro atoms. The van der Waals surface area contributed by atoms with Gasteiger partial charge in [0.15, 0.2) is 0 Å². The van der Waals surface area contributed by atoms with Crippen molar-refractivity contribution < 1.29 is 5.11 Å². The number of imidazole rings is 1. The molecule has 0 radical (unpaired) electrons. The fourth-order valence-electron chi connectivity index (χ4n) is 3.32. The molecule has 6 heteroatoms. The maximum Gasteiger partial charge on any atom is 0.272 e. The standard InChI is InChI=1S/C19H18N4O2/c1-11(2)19(25,17-9-20-10-21-17)15-4-3-12-7-16-14(5-13(12)6-15)8-22-23-18(16)24/h3-11,25H,1-2H3,(H,20,21)(H,23,24). The highest BCUT2D eigenvalue weighted by atomic mass is 16.3. The number of benzene rings is 2. The van der Waals surface area contributed by atoms with Crippen LogP contribution in [0.4, 0.5) is 0 Å². The molecule has 4 aromatic rings. The van der Waals surface area contributed by atoms with Crippen molar-refractivity contribution in [1.82, 2.24) is 20.2 Å². The summed E-state index contributed by atoms with van der Waals surface area (Å²) >= 11 is 0. The molecule has 2 aromatic carbocycles. The summed E-state index contributed by atoms with van der Waals surface area (Å²) in [6.07, 6.45) is 4.91. The van der Waals surface area contributed by atoms with Crippen molar-refractivity contribution in [2.45, 2.75) is 19.4 Å². The van der Waals surface area contributed by atoms with Gasteiger partial charge in [0.2, 0.25) is 0 Å². The van der Waals surface area contributed by atoms with E-state index in [4.69, 9.17) is 0 Å². The van der Waals surface area contributed by atoms with E-state index in [9.17, 15) is 9.90 Å². The fraction of sp³-hybridized carbons (Fsp3) is 0.211. The molecule has 0 saturated carbocycles. The topological polar surface area (TPSA) is 94.7 Å². The highest BCUT2D eigenvalue weighted by Gasteiger charge is 2.37. The van der Waals surface area contributed by atoms with Gasteiger partial charge in [-0.15, -0.1) is 0 Å². The van der Waals surface area contributed by atoms with Crippen LogP contribution in [0.3, 0.4) is 0 Å². The van der Waals surface area contributed by atoms with Crippen molar-refractivity contribution in [3.05, 3.63) is 70.7 Å². The van der Waals surface area contributed by atoms with E-state index in [0.29, 0.717) is 11.1 Å². The molecule has 1 unspecified atom stereocenters. The first-order valence-electron chi connectivity index (χ1n) is 8.13. The van der Waals surface area contributed by atoms with Crippen LogP contribution in [0.1, 0.15) is 25.1 Å². The predicted molar refractivity (Wildman–Crippen MR) is 96.3 cm³/mol. The number of rotatable bonds is 3. The van der Waals surface area contributed by atoms with E-state index in [1.54, 1.807) is 18.7 Å². The Balaban J connectivity index is 1.96. The van der Waals surface area contributed by atoms with E-state index in [2.05, 4.69) is 20.2 Å². The second kappa shape index (κ2) is 5.53. The third-order valence-corrected chi connectivity index (χ3v) is 4.79. The molecule has 2 aromatic heterocycles. The van der Waals surface area contributed by atoms with Crippen LogP contribution in [0.25, 0.3) is 21.5 Å². The minimum Gasteiger partial charge on any atom is -0.378 e. The highest BCUT2D eigenvalue weighted by molar-refractivity contribution is 5.97. The van der Waals surface area contributed by atoms with Crippen molar-refractivity contribution in [3.8, 4) is 0 Å². The molecule has 0 aliphatic rings. The normalized spacial score (nSPS) is 14.2. The Morgan fingerprint density at radius 2 is 1.96 bits per heavy atom. The zero-order valence-electron chi connectivity index (χ0n) is 13.9. The molecule has 0 aliphatic carbocycles. The van der Waals surface area contributed by atoms with E-state index in [1.165, 1.54) is 0 Å². The fourth-order valence-corrected chi connectivity index (χ4v) is 3.32. The average molecular weight is 334 g/mol. The van der Waals surface area contributed by atoms with Crippen LogP contribution < -0.4 is 5.56 Å². The van der Waals surface area contributed by atoms with Gasteiger partial charge in [-0.2, -0.15) is 5.10 Å². The molecule has 0 saturated heterocycles. The molecule has 126 valence electrons. The van der Waals surface area contributed by atoms with Gasteiger partial charge in [-0.25, -0.2) is 10.1 Å². The number of hydrogen-bond acceptors (Lipinski definition) is 4. The number of hydrogen-bond donors (Lipinski definition) is 3. The molecule has 3 N–H and O–H groups in total. The van der Waals surface area contributed by atoms with Gasteiger partial charge in [-0.3, -0.25) is 4.79 Å². The van der Waals surface area contributed by atoms with E-state index >= 15 is 0 Å². The number of aromatic nitrogens is 4. The van der Waals surface area contributed by atoms with Crippen LogP contribution in [0.15, 0.2) is 53.8 Å². The first-order valence-corrected chi connectivity index (χ1v) is 8.13. The minimum atomic E-state index is -1.20. The van der Waals surface area contributed by atoms with Crippen LogP contribution in [-0.2, 0) is 5.60 Å². The van der Waals surface area contributed by atoms with Crippen molar-refractivity contribution >= 4 is 21.5 Å². The van der Waals surface area contributed by atoms with E-state index in [0.717, 1.165) is 21.7 Å². The molecule has 0 bridgehead atoms. The number of H-pyrrole nitrogens is 2. The Bertz CT molecular complexity index is 1120. The molecule has 4 rings (SSSR count). The van der Waals surface area contributed by atoms with Crippen molar-refractivity contribution in [2.75, 3.05) is 0 Å². The summed E-state index contributed by atoms with van der Waals surface area (Å²) in [4.78, 5) is 19.1. The highest BCUT2D eigenvalue weighted by Crippen LogP contribution is 2.37. The van der Waals surface area contributed by atoms with Gasteiger partial charge in [-0.1, -0.05) is 26.0 Å². The third kappa shape index (κ3) is 2.34. The summed E-state index contributed by atoms with van der Waals surface area (Å²) in [5.41, 5.74) is -0.0612. The Morgan fingerprint density at radius 1 is 1.12 bits per heavy atom. The second-order valence-corrected chi connectivity index (χ2v) is 6.58. The van der Waals surface area contributed by atoms with Crippen LogP contribution >= 0.6 is 0 Å². The predicted octanol–water partition coefficient (Wildman–Crippen LogP) is 2.69. The number of nitrogens with zero attached hydrogens (tertiary/aromatic N) is 2. The van der Waals surface area contributed by atoms with Crippen LogP contribution in [0.5, 0.6) is 0 Å². The minimum absolute atomic E-state index is 0.0711. The number of aliphatic hydroxyl groups is 1. The summed E-state index contributed by atoms with van der Waals surface area (Å²) in [7, 11) is 0. The smallest absolute Gasteiger partial charge is 0.272 e. The summed E-state index contributed by atoms with van der Waals surface area (Å²) in [6.45, 7) is 3.92. The van der Waals surface area contributed by atoms with E-state index in [1.807, 2.05) is 44.2 Å². The second-order valence-electron chi connectivity index (χ2n) is 6.58. The van der Waals surface area contributed by atoms with Gasteiger partial charge >= 0.3 is 0 Å². The van der Waals surface area contributed by atoms with E-state index < -0.39 is 5.60 Å². The maximum atomic E-state index is 11.9. The lowest BCUT2D eigenvalue weighted by Crippen LogP contribution is -2.33. The lowest BCUT2D eigenvalue weighted by atomic mass is 9.80. The summed E-state index contributed by atoms with van der Waals surface area (Å²) < 4.78 is 0. The average Bonchev–Trinajstić information content (AvgIpc) is 3.14. The van der Waals surface area contributed by atoms with Crippen LogP contribution in [0.2, 0.25) is 0 Å². The van der Waals surface area contributed by atoms with Gasteiger partial charge in [0.1, 0.15) is 5.60 Å². The molecule has 0 fully saturated rings. The SMILES string of the molecule is CC(C)C(O)(c1ccc2cc3c(=O)[nH]ncc3cc2c1)c1c[nH]cn1. The van der Waals surface area contributed by atoms with Gasteiger partial charge in [-0.05, 0) is 40.5 Å². The summed E-state index contributed by atoms with van der Waals surface area (Å²) in [5.74, 6) is -0.0711. The van der Waals surface area contributed by atoms with Gasteiger partial charge in [0.05, 0.1) is 23.6 Å². The van der Waals surface area contributed by atoms with Crippen molar-refractivity contribution in [3.63, 3.8) is 0 Å². The van der Waals surface area contributed by atoms with Crippen molar-refractivity contribution in [1.29, 1.82) is 0 Å². The molecular formula is C19H18N4O2. The first kappa shape index (κ1) is 15.5. The number of aromatic amines is 2. The quantitative estimate of drug-likeness (QED) is 0.502. The Labute approximate surface area is 143 Å². The zero-order chi connectivity index (χ0) is 17.6. The lowest BCUT2D eigenvalue weighted by molar-refractivity contribution is 0.0281. The Kier molecular flexibility index (Phi) is 3.43. The largest absolute Gasteiger partial charge is 0.378 e. The molecule has 0 aliphatic heterocycles. The zero-order valence-corrected chi connectivity index (χ0v) is 13.9. The lowest BCUT2D eigenvalue weighted by Gasteiger charge is -2.31. The monoisotopic (exact) mass is 334 g/mol. The molecule has 2 heterocycles.